The summed E-state index contributed by atoms with van der Waals surface area (Å²) in [5.74, 6) is 0.0424. The van der Waals surface area contributed by atoms with Gasteiger partial charge >= 0.3 is 6.09 Å². The lowest BCUT2D eigenvalue weighted by Gasteiger charge is -2.34. The van der Waals surface area contributed by atoms with Crippen LogP contribution in [0.5, 0.6) is 0 Å². The first-order valence-corrected chi connectivity index (χ1v) is 9.73. The van der Waals surface area contributed by atoms with Gasteiger partial charge < -0.3 is 20.7 Å². The zero-order valence-corrected chi connectivity index (χ0v) is 17.3. The SMILES string of the molecule is CC(C)(C)OC(=O)N[C@@H]1CCCN(c2cc(-c3ccc(C#N)c(F)c3)nc(N)n2)C1. The van der Waals surface area contributed by atoms with E-state index >= 15 is 0 Å². The highest BCUT2D eigenvalue weighted by Gasteiger charge is 2.25. The lowest BCUT2D eigenvalue weighted by Crippen LogP contribution is -2.49. The first-order chi connectivity index (χ1) is 14.1. The smallest absolute Gasteiger partial charge is 0.407 e. The van der Waals surface area contributed by atoms with Gasteiger partial charge in [-0.25, -0.2) is 14.2 Å². The highest BCUT2D eigenvalue weighted by molar-refractivity contribution is 5.68. The second kappa shape index (κ2) is 8.53. The molecule has 158 valence electrons. The monoisotopic (exact) mass is 412 g/mol. The summed E-state index contributed by atoms with van der Waals surface area (Å²) in [7, 11) is 0. The maximum Gasteiger partial charge on any atom is 0.407 e. The zero-order valence-electron chi connectivity index (χ0n) is 17.3. The fourth-order valence-electron chi connectivity index (χ4n) is 3.30. The van der Waals surface area contributed by atoms with Gasteiger partial charge in [0.05, 0.1) is 11.3 Å². The number of hydrogen-bond donors (Lipinski definition) is 2. The van der Waals surface area contributed by atoms with Crippen LogP contribution >= 0.6 is 0 Å². The van der Waals surface area contributed by atoms with Crippen molar-refractivity contribution in [2.24, 2.45) is 0 Å². The highest BCUT2D eigenvalue weighted by Crippen LogP contribution is 2.26. The molecule has 1 aliphatic rings. The number of alkyl carbamates (subject to hydrolysis) is 1. The molecule has 1 aromatic carbocycles. The van der Waals surface area contributed by atoms with Crippen molar-refractivity contribution in [3.63, 3.8) is 0 Å². The summed E-state index contributed by atoms with van der Waals surface area (Å²) < 4.78 is 19.4. The summed E-state index contributed by atoms with van der Waals surface area (Å²) in [4.78, 5) is 22.6. The van der Waals surface area contributed by atoms with Crippen molar-refractivity contribution in [3.8, 4) is 17.3 Å². The molecule has 0 aliphatic carbocycles. The fraction of sp³-hybridized carbons (Fsp3) is 0.429. The minimum Gasteiger partial charge on any atom is -0.444 e. The standard InChI is InChI=1S/C21H25FN6O2/c1-21(2,3)30-20(29)25-15-5-4-8-28(12-15)18-10-17(26-19(24)27-18)13-6-7-14(11-23)16(22)9-13/h6-7,9-10,15H,4-5,8,12H2,1-3H3,(H,25,29)(H2,24,26,27)/t15-/m1/s1. The van der Waals surface area contributed by atoms with Crippen molar-refractivity contribution in [2.45, 2.75) is 45.3 Å². The van der Waals surface area contributed by atoms with E-state index in [1.807, 2.05) is 25.7 Å². The number of nitrogens with two attached hydrogens (primary N) is 1. The highest BCUT2D eigenvalue weighted by atomic mass is 19.1. The Labute approximate surface area is 174 Å². The van der Waals surface area contributed by atoms with Crippen LogP contribution in [-0.2, 0) is 4.74 Å². The first kappa shape index (κ1) is 21.3. The molecular formula is C21H25FN6O2. The van der Waals surface area contributed by atoms with E-state index in [0.717, 1.165) is 19.4 Å². The third-order valence-electron chi connectivity index (χ3n) is 4.58. The third-order valence-corrected chi connectivity index (χ3v) is 4.58. The van der Waals surface area contributed by atoms with Gasteiger partial charge in [-0.05, 0) is 45.7 Å². The average Bonchev–Trinajstić information content (AvgIpc) is 2.66. The van der Waals surface area contributed by atoms with Crippen LogP contribution in [0.3, 0.4) is 0 Å². The molecule has 3 N–H and O–H groups in total. The molecule has 1 aliphatic heterocycles. The van der Waals surface area contributed by atoms with Crippen molar-refractivity contribution in [1.82, 2.24) is 15.3 Å². The molecule has 1 fully saturated rings. The number of amides is 1. The van der Waals surface area contributed by atoms with Crippen LogP contribution in [0.2, 0.25) is 0 Å². The van der Waals surface area contributed by atoms with Crippen LogP contribution in [0.4, 0.5) is 21.0 Å². The number of benzene rings is 1. The van der Waals surface area contributed by atoms with E-state index in [1.165, 1.54) is 12.1 Å². The quantitative estimate of drug-likeness (QED) is 0.795. The predicted octanol–water partition coefficient (Wildman–Crippen LogP) is 3.23. The Morgan fingerprint density at radius 1 is 1.37 bits per heavy atom. The Kier molecular flexibility index (Phi) is 6.06. The molecule has 0 radical (unpaired) electrons. The van der Waals surface area contributed by atoms with Crippen molar-refractivity contribution >= 4 is 17.9 Å². The number of hydrogen-bond acceptors (Lipinski definition) is 7. The molecule has 3 rings (SSSR count). The maximum absolute atomic E-state index is 14.0. The van der Waals surface area contributed by atoms with Crippen molar-refractivity contribution in [2.75, 3.05) is 23.7 Å². The van der Waals surface area contributed by atoms with E-state index in [4.69, 9.17) is 15.7 Å². The summed E-state index contributed by atoms with van der Waals surface area (Å²) in [5.41, 5.74) is 6.26. The number of piperidine rings is 1. The summed E-state index contributed by atoms with van der Waals surface area (Å²) in [6, 6.07) is 7.72. The number of aromatic nitrogens is 2. The summed E-state index contributed by atoms with van der Waals surface area (Å²) in [6.07, 6.45) is 1.22. The minimum atomic E-state index is -0.617. The summed E-state index contributed by atoms with van der Waals surface area (Å²) in [6.45, 7) is 6.73. The van der Waals surface area contributed by atoms with Crippen molar-refractivity contribution < 1.29 is 13.9 Å². The number of carbonyl (C=O) groups is 1. The first-order valence-electron chi connectivity index (χ1n) is 9.73. The molecule has 1 atom stereocenters. The molecule has 0 unspecified atom stereocenters. The third kappa shape index (κ3) is 5.35. The largest absolute Gasteiger partial charge is 0.444 e. The molecule has 2 aromatic rings. The van der Waals surface area contributed by atoms with Crippen LogP contribution in [-0.4, -0.2) is 40.8 Å². The van der Waals surface area contributed by atoms with Crippen LogP contribution in [0.1, 0.15) is 39.2 Å². The number of nitriles is 1. The summed E-state index contributed by atoms with van der Waals surface area (Å²) >= 11 is 0. The Hall–Kier alpha value is -3.41. The molecule has 8 nitrogen and oxygen atoms in total. The van der Waals surface area contributed by atoms with E-state index in [-0.39, 0.29) is 17.6 Å². The molecule has 30 heavy (non-hydrogen) atoms. The van der Waals surface area contributed by atoms with Gasteiger partial charge in [-0.2, -0.15) is 10.2 Å². The molecule has 2 heterocycles. The number of nitrogens with one attached hydrogen (secondary N) is 1. The van der Waals surface area contributed by atoms with Crippen molar-refractivity contribution in [3.05, 3.63) is 35.6 Å². The van der Waals surface area contributed by atoms with Gasteiger partial charge in [0.1, 0.15) is 23.3 Å². The molecule has 9 heteroatoms. The van der Waals surface area contributed by atoms with Gasteiger partial charge in [-0.1, -0.05) is 6.07 Å². The number of rotatable bonds is 3. The Morgan fingerprint density at radius 2 is 2.13 bits per heavy atom. The van der Waals surface area contributed by atoms with E-state index in [2.05, 4.69) is 15.3 Å². The van der Waals surface area contributed by atoms with Gasteiger partial charge in [0.25, 0.3) is 0 Å². The molecule has 1 aromatic heterocycles. The fourth-order valence-corrected chi connectivity index (χ4v) is 3.30. The van der Waals surface area contributed by atoms with E-state index in [9.17, 15) is 9.18 Å². The van der Waals surface area contributed by atoms with Gasteiger partial charge in [0.15, 0.2) is 0 Å². The lowest BCUT2D eigenvalue weighted by atomic mass is 10.1. The van der Waals surface area contributed by atoms with Gasteiger partial charge in [-0.3, -0.25) is 0 Å². The lowest BCUT2D eigenvalue weighted by molar-refractivity contribution is 0.0500. The molecular weight excluding hydrogens is 387 g/mol. The Balaban J connectivity index is 1.78. The molecule has 1 saturated heterocycles. The van der Waals surface area contributed by atoms with Crippen LogP contribution in [0, 0.1) is 17.1 Å². The second-order valence-corrected chi connectivity index (χ2v) is 8.21. The topological polar surface area (TPSA) is 117 Å². The van der Waals surface area contributed by atoms with E-state index in [0.29, 0.717) is 23.6 Å². The van der Waals surface area contributed by atoms with Crippen LogP contribution in [0.25, 0.3) is 11.3 Å². The molecule has 0 spiro atoms. The minimum absolute atomic E-state index is 0.0342. The second-order valence-electron chi connectivity index (χ2n) is 8.21. The number of nitrogen functional groups attached to an aromatic ring is 1. The van der Waals surface area contributed by atoms with Gasteiger partial charge in [0, 0.05) is 30.8 Å². The van der Waals surface area contributed by atoms with Gasteiger partial charge in [0.2, 0.25) is 5.95 Å². The Bertz CT molecular complexity index is 982. The van der Waals surface area contributed by atoms with Crippen LogP contribution < -0.4 is 16.0 Å². The van der Waals surface area contributed by atoms with Crippen molar-refractivity contribution in [1.29, 1.82) is 5.26 Å². The molecule has 1 amide bonds. The summed E-state index contributed by atoms with van der Waals surface area (Å²) in [5, 5.41) is 11.8. The number of ether oxygens (including phenoxy) is 1. The Morgan fingerprint density at radius 3 is 2.80 bits per heavy atom. The number of nitrogens with zero attached hydrogens (tertiary/aromatic N) is 4. The average molecular weight is 412 g/mol. The predicted molar refractivity (Wildman–Crippen MR) is 111 cm³/mol. The van der Waals surface area contributed by atoms with E-state index < -0.39 is 17.5 Å². The normalized spacial score (nSPS) is 16.6. The molecule has 0 bridgehead atoms. The molecule has 0 saturated carbocycles. The maximum atomic E-state index is 14.0. The number of halogens is 1. The van der Waals surface area contributed by atoms with Gasteiger partial charge in [-0.15, -0.1) is 0 Å². The zero-order chi connectivity index (χ0) is 21.9. The van der Waals surface area contributed by atoms with Crippen LogP contribution in [0.15, 0.2) is 24.3 Å². The number of carbonyl (C=O) groups excluding carboxylic acids is 1. The number of anilines is 2. The van der Waals surface area contributed by atoms with E-state index in [1.54, 1.807) is 18.2 Å².